The van der Waals surface area contributed by atoms with Crippen LogP contribution in [0.5, 0.6) is 0 Å². The molecule has 6 heteroatoms. The van der Waals surface area contributed by atoms with Crippen LogP contribution in [-0.4, -0.2) is 54.9 Å². The molecule has 0 amide bonds. The highest BCUT2D eigenvalue weighted by Crippen LogP contribution is 2.04. The molecule has 142 valence electrons. The Morgan fingerprint density at radius 2 is 1.92 bits per heavy atom. The maximum absolute atomic E-state index is 11.9. The second kappa shape index (κ2) is 13.8. The Morgan fingerprint density at radius 3 is 2.60 bits per heavy atom. The lowest BCUT2D eigenvalue weighted by atomic mass is 10.2. The summed E-state index contributed by atoms with van der Waals surface area (Å²) in [6.07, 6.45) is 4.39. The molecule has 1 aromatic rings. The fraction of sp³-hybridized carbons (Fsp3) is 0.632. The van der Waals surface area contributed by atoms with Gasteiger partial charge in [-0.25, -0.2) is 0 Å². The molecule has 0 saturated heterocycles. The summed E-state index contributed by atoms with van der Waals surface area (Å²) in [5.41, 5.74) is 6.47. The molecule has 1 aromatic carbocycles. The number of hydrogen-bond acceptors (Lipinski definition) is 6. The van der Waals surface area contributed by atoms with Crippen molar-refractivity contribution in [1.29, 1.82) is 0 Å². The first-order valence-corrected chi connectivity index (χ1v) is 9.15. The lowest BCUT2D eigenvalue weighted by molar-refractivity contribution is -0.144. The highest BCUT2D eigenvalue weighted by atomic mass is 16.5. The summed E-state index contributed by atoms with van der Waals surface area (Å²) in [7, 11) is 0. The summed E-state index contributed by atoms with van der Waals surface area (Å²) in [5.74, 6) is -0.275. The summed E-state index contributed by atoms with van der Waals surface area (Å²) < 4.78 is 5.26. The number of benzene rings is 1. The molecule has 0 aliphatic rings. The Morgan fingerprint density at radius 1 is 1.20 bits per heavy atom. The van der Waals surface area contributed by atoms with Gasteiger partial charge in [0.2, 0.25) is 0 Å². The Labute approximate surface area is 151 Å². The molecule has 0 aromatic heterocycles. The van der Waals surface area contributed by atoms with Gasteiger partial charge in [-0.3, -0.25) is 15.0 Å². The van der Waals surface area contributed by atoms with Crippen LogP contribution >= 0.6 is 0 Å². The van der Waals surface area contributed by atoms with Gasteiger partial charge in [0.25, 0.3) is 0 Å². The Kier molecular flexibility index (Phi) is 11.9. The maximum Gasteiger partial charge on any atom is 0.320 e. The zero-order chi connectivity index (χ0) is 18.3. The van der Waals surface area contributed by atoms with Crippen molar-refractivity contribution in [3.8, 4) is 0 Å². The number of rotatable bonds is 14. The van der Waals surface area contributed by atoms with E-state index in [-0.39, 0.29) is 31.9 Å². The van der Waals surface area contributed by atoms with Crippen molar-refractivity contribution in [2.24, 2.45) is 5.73 Å². The lowest BCUT2D eigenvalue weighted by Gasteiger charge is -2.29. The van der Waals surface area contributed by atoms with E-state index in [9.17, 15) is 9.90 Å². The van der Waals surface area contributed by atoms with Gasteiger partial charge in [-0.05, 0) is 38.4 Å². The van der Waals surface area contributed by atoms with Gasteiger partial charge in [-0.1, -0.05) is 43.2 Å². The molecule has 4 N–H and O–H groups in total. The third kappa shape index (κ3) is 10.2. The number of aliphatic hydroxyl groups is 1. The summed E-state index contributed by atoms with van der Waals surface area (Å²) >= 11 is 0. The molecule has 0 aliphatic carbocycles. The number of aliphatic hydroxyl groups excluding tert-OH is 1. The summed E-state index contributed by atoms with van der Waals surface area (Å²) in [4.78, 5) is 14.0. The summed E-state index contributed by atoms with van der Waals surface area (Å²) in [6.45, 7) is 4.76. The van der Waals surface area contributed by atoms with Gasteiger partial charge >= 0.3 is 5.97 Å². The maximum atomic E-state index is 11.9. The zero-order valence-corrected chi connectivity index (χ0v) is 15.3. The van der Waals surface area contributed by atoms with E-state index in [1.807, 2.05) is 37.3 Å². The Bertz CT molecular complexity index is 456. The van der Waals surface area contributed by atoms with E-state index in [1.165, 1.54) is 0 Å². The van der Waals surface area contributed by atoms with Crippen molar-refractivity contribution in [2.45, 2.75) is 45.4 Å². The van der Waals surface area contributed by atoms with E-state index in [0.29, 0.717) is 6.54 Å². The first kappa shape index (κ1) is 21.6. The van der Waals surface area contributed by atoms with Crippen LogP contribution in [0.4, 0.5) is 0 Å². The van der Waals surface area contributed by atoms with Gasteiger partial charge in [0.1, 0.15) is 6.61 Å². The molecule has 6 nitrogen and oxygen atoms in total. The Balaban J connectivity index is 2.25. The first-order chi connectivity index (χ1) is 12.2. The van der Waals surface area contributed by atoms with Crippen molar-refractivity contribution in [2.75, 3.05) is 32.8 Å². The quantitative estimate of drug-likeness (QED) is 0.267. The minimum atomic E-state index is -0.275. The van der Waals surface area contributed by atoms with Crippen molar-refractivity contribution in [3.63, 3.8) is 0 Å². The van der Waals surface area contributed by atoms with Gasteiger partial charge in [0, 0.05) is 6.54 Å². The molecule has 0 spiro atoms. The van der Waals surface area contributed by atoms with Gasteiger partial charge in [0.15, 0.2) is 0 Å². The smallest absolute Gasteiger partial charge is 0.320 e. The van der Waals surface area contributed by atoms with E-state index < -0.39 is 0 Å². The molecule has 0 saturated carbocycles. The molecule has 1 atom stereocenters. The van der Waals surface area contributed by atoms with Gasteiger partial charge in [0.05, 0.1) is 19.3 Å². The van der Waals surface area contributed by atoms with Crippen LogP contribution in [0.25, 0.3) is 0 Å². The van der Waals surface area contributed by atoms with Crippen LogP contribution < -0.4 is 11.1 Å². The summed E-state index contributed by atoms with van der Waals surface area (Å²) in [5, 5.41) is 12.4. The highest BCUT2D eigenvalue weighted by molar-refractivity contribution is 5.71. The second-order valence-corrected chi connectivity index (χ2v) is 6.17. The van der Waals surface area contributed by atoms with Crippen molar-refractivity contribution in [1.82, 2.24) is 10.2 Å². The van der Waals surface area contributed by atoms with Gasteiger partial charge < -0.3 is 15.6 Å². The van der Waals surface area contributed by atoms with E-state index in [4.69, 9.17) is 10.5 Å². The fourth-order valence-corrected chi connectivity index (χ4v) is 2.59. The van der Waals surface area contributed by atoms with Crippen LogP contribution in [0.2, 0.25) is 0 Å². The molecule has 0 bridgehead atoms. The monoisotopic (exact) mass is 351 g/mol. The van der Waals surface area contributed by atoms with Crippen molar-refractivity contribution in [3.05, 3.63) is 35.9 Å². The minimum Gasteiger partial charge on any atom is -0.460 e. The number of ether oxygens (including phenoxy) is 1. The molecule has 0 heterocycles. The number of carbonyl (C=O) groups excluding carboxylic acids is 1. The second-order valence-electron chi connectivity index (χ2n) is 6.17. The molecule has 0 fully saturated rings. The minimum absolute atomic E-state index is 0.00549. The number of nitrogens with two attached hydrogens (primary N) is 1. The predicted octanol–water partition coefficient (Wildman–Crippen LogP) is 1.48. The first-order valence-electron chi connectivity index (χ1n) is 9.15. The van der Waals surface area contributed by atoms with Gasteiger partial charge in [-0.2, -0.15) is 0 Å². The number of esters is 1. The third-order valence-corrected chi connectivity index (χ3v) is 4.12. The summed E-state index contributed by atoms with van der Waals surface area (Å²) in [6, 6.07) is 9.63. The average Bonchev–Trinajstić information content (AvgIpc) is 2.64. The zero-order valence-electron chi connectivity index (χ0n) is 15.3. The molecular weight excluding hydrogens is 318 g/mol. The van der Waals surface area contributed by atoms with Crippen LogP contribution in [0.3, 0.4) is 0 Å². The molecule has 25 heavy (non-hydrogen) atoms. The molecule has 1 rings (SSSR count). The third-order valence-electron chi connectivity index (χ3n) is 4.12. The van der Waals surface area contributed by atoms with E-state index in [1.54, 1.807) is 0 Å². The largest absolute Gasteiger partial charge is 0.460 e. The number of nitrogens with zero attached hydrogens (tertiary/aromatic N) is 1. The molecule has 0 radical (unpaired) electrons. The van der Waals surface area contributed by atoms with E-state index in [0.717, 1.165) is 44.3 Å². The van der Waals surface area contributed by atoms with Crippen LogP contribution in [0.1, 0.15) is 38.2 Å². The number of nitrogens with one attached hydrogen (secondary N) is 1. The fourth-order valence-electron chi connectivity index (χ4n) is 2.59. The average molecular weight is 351 g/mol. The lowest BCUT2D eigenvalue weighted by Crippen LogP contribution is -2.47. The van der Waals surface area contributed by atoms with Crippen LogP contribution in [-0.2, 0) is 16.1 Å². The standard InChI is InChI=1S/C19H33N3O3/c1-17(22(13-14-23)12-8-3-2-7-11-20)21-15-19(24)25-16-18-9-5-4-6-10-18/h4-6,9-10,17,21,23H,2-3,7-8,11-16,20H2,1H3. The number of unbranched alkanes of at least 4 members (excludes halogenated alkanes) is 3. The molecular formula is C19H33N3O3. The molecule has 1 unspecified atom stereocenters. The normalized spacial score (nSPS) is 12.3. The predicted molar refractivity (Wildman–Crippen MR) is 99.9 cm³/mol. The van der Waals surface area contributed by atoms with Crippen molar-refractivity contribution >= 4 is 5.97 Å². The van der Waals surface area contributed by atoms with Crippen LogP contribution in [0.15, 0.2) is 30.3 Å². The topological polar surface area (TPSA) is 87.8 Å². The Hall–Kier alpha value is -1.47. The van der Waals surface area contributed by atoms with Crippen LogP contribution in [0, 0.1) is 0 Å². The van der Waals surface area contributed by atoms with Crippen molar-refractivity contribution < 1.29 is 14.6 Å². The van der Waals surface area contributed by atoms with E-state index >= 15 is 0 Å². The number of hydrogen-bond donors (Lipinski definition) is 3. The SMILES string of the molecule is CC(NCC(=O)OCc1ccccc1)N(CCO)CCCCCCN. The van der Waals surface area contributed by atoms with E-state index in [2.05, 4.69) is 10.2 Å². The van der Waals surface area contributed by atoms with Gasteiger partial charge in [-0.15, -0.1) is 0 Å². The highest BCUT2D eigenvalue weighted by Gasteiger charge is 2.14. The molecule has 0 aliphatic heterocycles. The number of carbonyl (C=O) groups is 1.